The Labute approximate surface area is 96.7 Å². The number of pyridine rings is 1. The van der Waals surface area contributed by atoms with Crippen molar-refractivity contribution in [1.29, 1.82) is 0 Å². The maximum Gasteiger partial charge on any atom is 0.324 e. The third kappa shape index (κ3) is 2.39. The van der Waals surface area contributed by atoms with Crippen molar-refractivity contribution < 1.29 is 9.47 Å². The standard InChI is InChI=1S/C10H10N4O3/c1-16-9-11-8(12-10(13-9)17-2)14-5-3-7(15)4-6-14/h3-6H,1-2H3. The maximum atomic E-state index is 11.0. The molecule has 0 radical (unpaired) electrons. The van der Waals surface area contributed by atoms with E-state index in [0.29, 0.717) is 5.95 Å². The first-order chi connectivity index (χ1) is 8.22. The van der Waals surface area contributed by atoms with Gasteiger partial charge in [0.05, 0.1) is 14.2 Å². The molecule has 88 valence electrons. The molecule has 2 heterocycles. The molecule has 0 saturated carbocycles. The van der Waals surface area contributed by atoms with E-state index in [-0.39, 0.29) is 17.4 Å². The zero-order valence-corrected chi connectivity index (χ0v) is 9.32. The van der Waals surface area contributed by atoms with Crippen LogP contribution in [-0.4, -0.2) is 33.7 Å². The van der Waals surface area contributed by atoms with Gasteiger partial charge in [-0.2, -0.15) is 9.97 Å². The van der Waals surface area contributed by atoms with Crippen LogP contribution in [0.3, 0.4) is 0 Å². The van der Waals surface area contributed by atoms with E-state index in [1.165, 1.54) is 26.4 Å². The molecule has 7 heteroatoms. The van der Waals surface area contributed by atoms with E-state index < -0.39 is 0 Å². The lowest BCUT2D eigenvalue weighted by Gasteiger charge is -2.06. The molecule has 0 N–H and O–H groups in total. The van der Waals surface area contributed by atoms with Crippen molar-refractivity contribution in [3.05, 3.63) is 34.7 Å². The monoisotopic (exact) mass is 234 g/mol. The summed E-state index contributed by atoms with van der Waals surface area (Å²) in [7, 11) is 2.90. The molecule has 0 aromatic carbocycles. The Kier molecular flexibility index (Phi) is 2.99. The van der Waals surface area contributed by atoms with Crippen LogP contribution in [-0.2, 0) is 0 Å². The van der Waals surface area contributed by atoms with Crippen molar-refractivity contribution in [1.82, 2.24) is 19.5 Å². The SMILES string of the molecule is COc1nc(OC)nc(-n2ccc(=O)cc2)n1. The fraction of sp³-hybridized carbons (Fsp3) is 0.200. The van der Waals surface area contributed by atoms with E-state index in [2.05, 4.69) is 15.0 Å². The normalized spacial score (nSPS) is 10.0. The molecule has 0 unspecified atom stereocenters. The molecule has 0 aliphatic rings. The maximum absolute atomic E-state index is 11.0. The van der Waals surface area contributed by atoms with Crippen LogP contribution in [0.15, 0.2) is 29.3 Å². The van der Waals surface area contributed by atoms with Crippen LogP contribution in [0.2, 0.25) is 0 Å². The van der Waals surface area contributed by atoms with Gasteiger partial charge < -0.3 is 9.47 Å². The van der Waals surface area contributed by atoms with Crippen LogP contribution in [0.4, 0.5) is 0 Å². The Balaban J connectivity index is 2.50. The number of hydrogen-bond donors (Lipinski definition) is 0. The molecule has 2 aromatic heterocycles. The molecule has 0 aliphatic carbocycles. The number of aromatic nitrogens is 4. The van der Waals surface area contributed by atoms with Crippen molar-refractivity contribution >= 4 is 0 Å². The van der Waals surface area contributed by atoms with Crippen LogP contribution in [0.1, 0.15) is 0 Å². The summed E-state index contributed by atoms with van der Waals surface area (Å²) in [6, 6.07) is 3.10. The Hall–Kier alpha value is -2.44. The molecule has 0 spiro atoms. The first-order valence-electron chi connectivity index (χ1n) is 4.75. The quantitative estimate of drug-likeness (QED) is 0.746. The third-order valence-electron chi connectivity index (χ3n) is 1.98. The first kappa shape index (κ1) is 11.1. The molecule has 17 heavy (non-hydrogen) atoms. The van der Waals surface area contributed by atoms with Crippen molar-refractivity contribution in [3.63, 3.8) is 0 Å². The summed E-state index contributed by atoms with van der Waals surface area (Å²) >= 11 is 0. The second-order valence-corrected chi connectivity index (χ2v) is 3.05. The van der Waals surface area contributed by atoms with Crippen molar-refractivity contribution in [2.45, 2.75) is 0 Å². The van der Waals surface area contributed by atoms with Gasteiger partial charge in [0, 0.05) is 24.5 Å². The van der Waals surface area contributed by atoms with E-state index in [1.54, 1.807) is 17.0 Å². The highest BCUT2D eigenvalue weighted by molar-refractivity contribution is 5.18. The first-order valence-corrected chi connectivity index (χ1v) is 4.75. The Bertz CT molecular complexity index is 539. The lowest BCUT2D eigenvalue weighted by atomic mass is 10.5. The van der Waals surface area contributed by atoms with Crippen molar-refractivity contribution in [2.24, 2.45) is 0 Å². The second kappa shape index (κ2) is 4.60. The fourth-order valence-electron chi connectivity index (χ4n) is 1.17. The zero-order valence-electron chi connectivity index (χ0n) is 9.32. The van der Waals surface area contributed by atoms with E-state index >= 15 is 0 Å². The third-order valence-corrected chi connectivity index (χ3v) is 1.98. The van der Waals surface area contributed by atoms with Crippen LogP contribution >= 0.6 is 0 Å². The predicted molar refractivity (Wildman–Crippen MR) is 58.5 cm³/mol. The van der Waals surface area contributed by atoms with Gasteiger partial charge in [0.25, 0.3) is 0 Å². The van der Waals surface area contributed by atoms with Gasteiger partial charge >= 0.3 is 12.0 Å². The average molecular weight is 234 g/mol. The number of rotatable bonds is 3. The molecule has 2 aromatic rings. The van der Waals surface area contributed by atoms with Crippen LogP contribution < -0.4 is 14.9 Å². The van der Waals surface area contributed by atoms with Gasteiger partial charge in [-0.05, 0) is 0 Å². The van der Waals surface area contributed by atoms with Gasteiger partial charge in [-0.3, -0.25) is 9.36 Å². The summed E-state index contributed by atoms with van der Waals surface area (Å²) in [5.41, 5.74) is -0.0887. The summed E-state index contributed by atoms with van der Waals surface area (Å²) in [5.74, 6) is 0.314. The topological polar surface area (TPSA) is 79.1 Å². The van der Waals surface area contributed by atoms with Crippen LogP contribution in [0.5, 0.6) is 12.0 Å². The van der Waals surface area contributed by atoms with Crippen LogP contribution in [0, 0.1) is 0 Å². The van der Waals surface area contributed by atoms with Crippen LogP contribution in [0.25, 0.3) is 5.95 Å². The molecule has 0 aliphatic heterocycles. The molecule has 0 saturated heterocycles. The van der Waals surface area contributed by atoms with E-state index in [9.17, 15) is 4.79 Å². The fourth-order valence-corrected chi connectivity index (χ4v) is 1.17. The number of nitrogens with zero attached hydrogens (tertiary/aromatic N) is 4. The Morgan fingerprint density at radius 2 is 1.53 bits per heavy atom. The average Bonchev–Trinajstić information content (AvgIpc) is 2.39. The number of methoxy groups -OCH3 is 2. The van der Waals surface area contributed by atoms with Gasteiger partial charge in [-0.15, -0.1) is 4.98 Å². The van der Waals surface area contributed by atoms with Crippen molar-refractivity contribution in [2.75, 3.05) is 14.2 Å². The lowest BCUT2D eigenvalue weighted by Crippen LogP contribution is -2.08. The second-order valence-electron chi connectivity index (χ2n) is 3.05. The highest BCUT2D eigenvalue weighted by Crippen LogP contribution is 2.11. The molecule has 0 fully saturated rings. The summed E-state index contributed by atoms with van der Waals surface area (Å²) < 4.78 is 11.4. The summed E-state index contributed by atoms with van der Waals surface area (Å²) in [5, 5.41) is 0. The van der Waals surface area contributed by atoms with Gasteiger partial charge in [0.15, 0.2) is 5.43 Å². The highest BCUT2D eigenvalue weighted by Gasteiger charge is 2.07. The Morgan fingerprint density at radius 3 is 2.00 bits per heavy atom. The highest BCUT2D eigenvalue weighted by atomic mass is 16.5. The summed E-state index contributed by atoms with van der Waals surface area (Å²) in [4.78, 5) is 22.9. The van der Waals surface area contributed by atoms with E-state index in [0.717, 1.165) is 0 Å². The van der Waals surface area contributed by atoms with Gasteiger partial charge in [0.1, 0.15) is 0 Å². The lowest BCUT2D eigenvalue weighted by molar-refractivity contribution is 0.338. The van der Waals surface area contributed by atoms with E-state index in [4.69, 9.17) is 9.47 Å². The molecular weight excluding hydrogens is 224 g/mol. The molecule has 2 rings (SSSR count). The summed E-state index contributed by atoms with van der Waals surface area (Å²) in [6.45, 7) is 0. The largest absolute Gasteiger partial charge is 0.467 e. The number of hydrogen-bond acceptors (Lipinski definition) is 6. The van der Waals surface area contributed by atoms with Gasteiger partial charge in [-0.1, -0.05) is 0 Å². The zero-order chi connectivity index (χ0) is 12.3. The number of ether oxygens (including phenoxy) is 2. The molecule has 0 amide bonds. The molecule has 7 nitrogen and oxygen atoms in total. The predicted octanol–water partition coefficient (Wildman–Crippen LogP) is 0.0397. The smallest absolute Gasteiger partial charge is 0.324 e. The molecule has 0 bridgehead atoms. The summed E-state index contributed by atoms with van der Waals surface area (Å²) in [6.07, 6.45) is 3.10. The molecular formula is C10H10N4O3. The van der Waals surface area contributed by atoms with E-state index in [1.807, 2.05) is 0 Å². The minimum absolute atomic E-state index is 0.0887. The minimum atomic E-state index is -0.0887. The van der Waals surface area contributed by atoms with Crippen molar-refractivity contribution in [3.8, 4) is 18.0 Å². The Morgan fingerprint density at radius 1 is 1.00 bits per heavy atom. The van der Waals surface area contributed by atoms with Gasteiger partial charge in [0.2, 0.25) is 5.95 Å². The molecule has 0 atom stereocenters. The minimum Gasteiger partial charge on any atom is -0.467 e. The van der Waals surface area contributed by atoms with Gasteiger partial charge in [-0.25, -0.2) is 0 Å².